The van der Waals surface area contributed by atoms with Gasteiger partial charge in [-0.15, -0.1) is 0 Å². The lowest BCUT2D eigenvalue weighted by atomic mass is 9.96. The highest BCUT2D eigenvalue weighted by molar-refractivity contribution is 7.89. The summed E-state index contributed by atoms with van der Waals surface area (Å²) >= 11 is 6.19. The largest absolute Gasteiger partial charge is 0.312 e. The fourth-order valence-corrected chi connectivity index (χ4v) is 5.20. The van der Waals surface area contributed by atoms with Gasteiger partial charge in [-0.3, -0.25) is 4.98 Å². The number of hydrogen-bond donors (Lipinski definition) is 1. The summed E-state index contributed by atoms with van der Waals surface area (Å²) in [6.07, 6.45) is 3.12. The Bertz CT molecular complexity index is 807. The fraction of sp³-hybridized carbons (Fsp3) is 0.357. The molecule has 1 aromatic heterocycles. The van der Waals surface area contributed by atoms with Gasteiger partial charge in [0.05, 0.1) is 9.92 Å². The Labute approximate surface area is 128 Å². The Morgan fingerprint density at radius 2 is 2.14 bits per heavy atom. The molecular weight excluding hydrogens is 310 g/mol. The maximum atomic E-state index is 12.9. The third-order valence-corrected chi connectivity index (χ3v) is 6.53. The molecule has 2 saturated heterocycles. The maximum absolute atomic E-state index is 12.9. The van der Waals surface area contributed by atoms with Crippen molar-refractivity contribution in [2.24, 2.45) is 5.92 Å². The lowest BCUT2D eigenvalue weighted by Crippen LogP contribution is -2.51. The molecule has 2 aliphatic heterocycles. The van der Waals surface area contributed by atoms with Gasteiger partial charge in [-0.05, 0) is 6.07 Å². The van der Waals surface area contributed by atoms with Crippen LogP contribution in [0.4, 0.5) is 0 Å². The Balaban J connectivity index is 1.86. The summed E-state index contributed by atoms with van der Waals surface area (Å²) in [4.78, 5) is 4.29. The molecule has 3 heterocycles. The lowest BCUT2D eigenvalue weighted by Gasteiger charge is -2.30. The molecule has 0 saturated carbocycles. The van der Waals surface area contributed by atoms with Crippen molar-refractivity contribution in [1.29, 1.82) is 0 Å². The van der Waals surface area contributed by atoms with Crippen LogP contribution in [0.2, 0.25) is 5.02 Å². The highest BCUT2D eigenvalue weighted by atomic mass is 35.5. The third kappa shape index (κ3) is 1.97. The summed E-state index contributed by atoms with van der Waals surface area (Å²) in [5.41, 5.74) is 0. The molecule has 0 spiro atoms. The molecule has 1 aromatic carbocycles. The van der Waals surface area contributed by atoms with E-state index in [0.717, 1.165) is 11.9 Å². The number of hydrogen-bond acceptors (Lipinski definition) is 4. The highest BCUT2D eigenvalue weighted by Crippen LogP contribution is 2.34. The van der Waals surface area contributed by atoms with E-state index in [1.165, 1.54) is 6.20 Å². The van der Waals surface area contributed by atoms with Gasteiger partial charge in [-0.2, -0.15) is 4.31 Å². The van der Waals surface area contributed by atoms with E-state index in [-0.39, 0.29) is 4.90 Å². The van der Waals surface area contributed by atoms with E-state index in [1.807, 2.05) is 6.07 Å². The quantitative estimate of drug-likeness (QED) is 0.909. The van der Waals surface area contributed by atoms with Crippen LogP contribution >= 0.6 is 11.6 Å². The SMILES string of the molecule is O=S(=O)(c1cccc2cncc(Cl)c12)N1CC2CNC2C1. The molecule has 0 aliphatic carbocycles. The molecule has 5 nitrogen and oxygen atoms in total. The average Bonchev–Trinajstić information content (AvgIpc) is 2.74. The van der Waals surface area contributed by atoms with Crippen LogP contribution < -0.4 is 5.32 Å². The molecule has 2 unspecified atom stereocenters. The molecule has 110 valence electrons. The highest BCUT2D eigenvalue weighted by Gasteiger charge is 2.44. The third-order valence-electron chi connectivity index (χ3n) is 4.37. The Morgan fingerprint density at radius 1 is 1.29 bits per heavy atom. The van der Waals surface area contributed by atoms with Gasteiger partial charge in [0.25, 0.3) is 0 Å². The zero-order valence-corrected chi connectivity index (χ0v) is 12.7. The minimum Gasteiger partial charge on any atom is -0.312 e. The summed E-state index contributed by atoms with van der Waals surface area (Å²) in [6, 6.07) is 5.47. The second-order valence-electron chi connectivity index (χ2n) is 5.57. The number of nitrogens with one attached hydrogen (secondary N) is 1. The van der Waals surface area contributed by atoms with Crippen LogP contribution in [0.5, 0.6) is 0 Å². The van der Waals surface area contributed by atoms with Crippen molar-refractivity contribution in [3.8, 4) is 0 Å². The molecule has 2 aliphatic rings. The topological polar surface area (TPSA) is 62.3 Å². The van der Waals surface area contributed by atoms with Crippen molar-refractivity contribution in [2.45, 2.75) is 10.9 Å². The van der Waals surface area contributed by atoms with Crippen LogP contribution in [0.1, 0.15) is 0 Å². The molecular formula is C14H14ClN3O2S. The second-order valence-corrected chi connectivity index (χ2v) is 7.89. The van der Waals surface area contributed by atoms with Gasteiger partial charge in [0.1, 0.15) is 0 Å². The summed E-state index contributed by atoms with van der Waals surface area (Å²) in [7, 11) is -3.53. The fourth-order valence-electron chi connectivity index (χ4n) is 3.12. The van der Waals surface area contributed by atoms with Gasteiger partial charge < -0.3 is 5.32 Å². The molecule has 0 amide bonds. The molecule has 2 aromatic rings. The minimum absolute atomic E-state index is 0.272. The van der Waals surface area contributed by atoms with E-state index in [2.05, 4.69) is 10.3 Å². The molecule has 21 heavy (non-hydrogen) atoms. The average molecular weight is 324 g/mol. The molecule has 7 heteroatoms. The van der Waals surface area contributed by atoms with E-state index in [9.17, 15) is 8.42 Å². The minimum atomic E-state index is -3.53. The van der Waals surface area contributed by atoms with Gasteiger partial charge in [0.2, 0.25) is 10.0 Å². The van der Waals surface area contributed by atoms with Crippen LogP contribution in [0.25, 0.3) is 10.8 Å². The number of fused-ring (bicyclic) bond motifs is 2. The zero-order valence-electron chi connectivity index (χ0n) is 11.2. The van der Waals surface area contributed by atoms with Crippen LogP contribution in [-0.2, 0) is 10.0 Å². The first-order chi connectivity index (χ1) is 10.1. The number of pyridine rings is 1. The number of rotatable bonds is 2. The molecule has 1 N–H and O–H groups in total. The van der Waals surface area contributed by atoms with Gasteiger partial charge in [-0.25, -0.2) is 8.42 Å². The first-order valence-electron chi connectivity index (χ1n) is 6.83. The lowest BCUT2D eigenvalue weighted by molar-refractivity contribution is 0.297. The number of nitrogens with zero attached hydrogens (tertiary/aromatic N) is 2. The van der Waals surface area contributed by atoms with Crippen molar-refractivity contribution in [1.82, 2.24) is 14.6 Å². The van der Waals surface area contributed by atoms with E-state index >= 15 is 0 Å². The van der Waals surface area contributed by atoms with Crippen molar-refractivity contribution in [2.75, 3.05) is 19.6 Å². The summed E-state index contributed by atoms with van der Waals surface area (Å²) < 4.78 is 27.4. The van der Waals surface area contributed by atoms with Gasteiger partial charge in [0.15, 0.2) is 0 Å². The standard InChI is InChI=1S/C14H14ClN3O2S/c15-11-6-16-4-9-2-1-3-13(14(9)11)21(19,20)18-7-10-5-17-12(10)8-18/h1-4,6,10,12,17H,5,7-8H2. The number of aromatic nitrogens is 1. The predicted molar refractivity (Wildman–Crippen MR) is 80.8 cm³/mol. The van der Waals surface area contributed by atoms with Crippen LogP contribution in [0.15, 0.2) is 35.5 Å². The Morgan fingerprint density at radius 3 is 2.81 bits per heavy atom. The number of benzene rings is 1. The van der Waals surface area contributed by atoms with Gasteiger partial charge in [-0.1, -0.05) is 23.7 Å². The molecule has 2 atom stereocenters. The zero-order chi connectivity index (χ0) is 14.6. The van der Waals surface area contributed by atoms with E-state index in [1.54, 1.807) is 22.6 Å². The first kappa shape index (κ1) is 13.5. The summed E-state index contributed by atoms with van der Waals surface area (Å²) in [5, 5.41) is 4.93. The molecule has 2 fully saturated rings. The summed E-state index contributed by atoms with van der Waals surface area (Å²) in [6.45, 7) is 2.02. The van der Waals surface area contributed by atoms with Crippen molar-refractivity contribution in [3.63, 3.8) is 0 Å². The van der Waals surface area contributed by atoms with E-state index in [4.69, 9.17) is 11.6 Å². The first-order valence-corrected chi connectivity index (χ1v) is 8.65. The van der Waals surface area contributed by atoms with Crippen molar-refractivity contribution in [3.05, 3.63) is 35.6 Å². The van der Waals surface area contributed by atoms with E-state index < -0.39 is 10.0 Å². The molecule has 0 radical (unpaired) electrons. The molecule has 0 bridgehead atoms. The van der Waals surface area contributed by atoms with E-state index in [0.29, 0.717) is 35.5 Å². The summed E-state index contributed by atoms with van der Waals surface area (Å²) in [5.74, 6) is 0.437. The Hall–Kier alpha value is -1.21. The monoisotopic (exact) mass is 323 g/mol. The number of halogens is 1. The van der Waals surface area contributed by atoms with Gasteiger partial charge in [0, 0.05) is 54.8 Å². The normalized spacial score (nSPS) is 25.8. The van der Waals surface area contributed by atoms with Crippen LogP contribution in [0, 0.1) is 5.92 Å². The van der Waals surface area contributed by atoms with Crippen molar-refractivity contribution >= 4 is 32.4 Å². The molecule has 4 rings (SSSR count). The smallest absolute Gasteiger partial charge is 0.243 e. The van der Waals surface area contributed by atoms with Crippen LogP contribution in [0.3, 0.4) is 0 Å². The predicted octanol–water partition coefficient (Wildman–Crippen LogP) is 1.48. The maximum Gasteiger partial charge on any atom is 0.243 e. The number of sulfonamides is 1. The van der Waals surface area contributed by atoms with Gasteiger partial charge >= 0.3 is 0 Å². The second kappa shape index (κ2) is 4.64. The van der Waals surface area contributed by atoms with Crippen molar-refractivity contribution < 1.29 is 8.42 Å². The van der Waals surface area contributed by atoms with Crippen LogP contribution in [-0.4, -0.2) is 43.4 Å². The Kier molecular flexibility index (Phi) is 2.97.